The van der Waals surface area contributed by atoms with Crippen LogP contribution in [0.2, 0.25) is 0 Å². The Balaban J connectivity index is 2.05. The first-order chi connectivity index (χ1) is 11.9. The van der Waals surface area contributed by atoms with Crippen molar-refractivity contribution in [3.63, 3.8) is 0 Å². The van der Waals surface area contributed by atoms with Gasteiger partial charge in [0, 0.05) is 13.1 Å². The van der Waals surface area contributed by atoms with Crippen molar-refractivity contribution in [3.05, 3.63) is 23.8 Å². The van der Waals surface area contributed by atoms with E-state index in [0.29, 0.717) is 24.7 Å². The molecule has 1 aliphatic rings. The molecule has 0 saturated carbocycles. The van der Waals surface area contributed by atoms with Gasteiger partial charge in [0.15, 0.2) is 11.5 Å². The summed E-state index contributed by atoms with van der Waals surface area (Å²) in [5, 5.41) is 0. The van der Waals surface area contributed by atoms with Gasteiger partial charge in [-0.1, -0.05) is 6.07 Å². The molecule has 1 aromatic carbocycles. The summed E-state index contributed by atoms with van der Waals surface area (Å²) in [7, 11) is 3.33. The van der Waals surface area contributed by atoms with E-state index in [-0.39, 0.29) is 13.2 Å². The topological polar surface area (TPSA) is 79.4 Å². The molecule has 8 heteroatoms. The number of methoxy groups -OCH3 is 1. The number of likely N-dealkylation sites (N-methyl/N-ethyl adjacent to an activating group) is 1. The molecule has 0 aliphatic carbocycles. The smallest absolute Gasteiger partial charge is 0.335 e. The molecule has 1 fully saturated rings. The molecule has 0 N–H and O–H groups in total. The molecule has 0 atom stereocenters. The molecule has 0 aromatic heterocycles. The molecule has 0 spiro atoms. The molecule has 0 unspecified atom stereocenters. The Hall–Kier alpha value is -2.61. The van der Waals surface area contributed by atoms with E-state index < -0.39 is 17.8 Å². The molecular weight excluding hydrogens is 326 g/mol. The molecule has 1 saturated heterocycles. The second kappa shape index (κ2) is 7.98. The first kappa shape index (κ1) is 18.7. The van der Waals surface area contributed by atoms with Crippen molar-refractivity contribution in [1.82, 2.24) is 14.7 Å². The highest BCUT2D eigenvalue weighted by Gasteiger charge is 2.43. The number of nitrogens with zero attached hydrogens (tertiary/aromatic N) is 3. The van der Waals surface area contributed by atoms with Crippen LogP contribution in [0.1, 0.15) is 19.4 Å². The van der Waals surface area contributed by atoms with Gasteiger partial charge in [0.05, 0.1) is 20.4 Å². The van der Waals surface area contributed by atoms with Gasteiger partial charge in [-0.2, -0.15) is 0 Å². The Labute approximate surface area is 146 Å². The number of ether oxygens (including phenoxy) is 2. The Kier molecular flexibility index (Phi) is 5.97. The van der Waals surface area contributed by atoms with Crippen LogP contribution in [-0.2, 0) is 16.1 Å². The van der Waals surface area contributed by atoms with Crippen LogP contribution in [0.15, 0.2) is 18.2 Å². The zero-order valence-electron chi connectivity index (χ0n) is 14.9. The Morgan fingerprint density at radius 2 is 1.72 bits per heavy atom. The van der Waals surface area contributed by atoms with Crippen molar-refractivity contribution in [1.29, 1.82) is 0 Å². The van der Waals surface area contributed by atoms with E-state index in [1.165, 1.54) is 0 Å². The zero-order chi connectivity index (χ0) is 18.6. The molecule has 0 radical (unpaired) electrons. The highest BCUT2D eigenvalue weighted by molar-refractivity contribution is 6.44. The van der Waals surface area contributed by atoms with Gasteiger partial charge >= 0.3 is 17.8 Å². The highest BCUT2D eigenvalue weighted by Crippen LogP contribution is 2.28. The number of benzene rings is 1. The van der Waals surface area contributed by atoms with Gasteiger partial charge in [-0.15, -0.1) is 0 Å². The number of hydrogen-bond acceptors (Lipinski definition) is 6. The largest absolute Gasteiger partial charge is 0.493 e. The van der Waals surface area contributed by atoms with E-state index in [2.05, 4.69) is 0 Å². The van der Waals surface area contributed by atoms with E-state index in [9.17, 15) is 14.4 Å². The number of amides is 4. The number of carbonyl (C=O) groups is 3. The fourth-order valence-electron chi connectivity index (χ4n) is 2.64. The minimum absolute atomic E-state index is 0.0371. The fraction of sp³-hybridized carbons (Fsp3) is 0.471. The van der Waals surface area contributed by atoms with Crippen molar-refractivity contribution < 1.29 is 23.9 Å². The van der Waals surface area contributed by atoms with Crippen LogP contribution in [0, 0.1) is 0 Å². The molecular formula is C17H23N3O5. The van der Waals surface area contributed by atoms with Gasteiger partial charge in [0.2, 0.25) is 0 Å². The molecule has 2 rings (SSSR count). The average Bonchev–Trinajstić information content (AvgIpc) is 2.79. The van der Waals surface area contributed by atoms with Crippen LogP contribution in [0.5, 0.6) is 11.5 Å². The van der Waals surface area contributed by atoms with E-state index >= 15 is 0 Å². The van der Waals surface area contributed by atoms with Crippen LogP contribution in [0.4, 0.5) is 4.79 Å². The SMILES string of the molecule is CCOc1ccc(CN(C)CN2C(=O)C(=O)N(CC)C2=O)cc1OC. The minimum Gasteiger partial charge on any atom is -0.493 e. The first-order valence-corrected chi connectivity index (χ1v) is 8.08. The van der Waals surface area contributed by atoms with E-state index in [0.717, 1.165) is 15.4 Å². The summed E-state index contributed by atoms with van der Waals surface area (Å²) in [6.45, 7) is 4.78. The van der Waals surface area contributed by atoms with Gasteiger partial charge in [-0.25, -0.2) is 9.69 Å². The third-order valence-corrected chi connectivity index (χ3v) is 3.81. The lowest BCUT2D eigenvalue weighted by molar-refractivity contribution is -0.143. The summed E-state index contributed by atoms with van der Waals surface area (Å²) in [6, 6.07) is 4.98. The second-order valence-electron chi connectivity index (χ2n) is 5.64. The zero-order valence-corrected chi connectivity index (χ0v) is 14.9. The van der Waals surface area contributed by atoms with Gasteiger partial charge in [-0.3, -0.25) is 19.4 Å². The Morgan fingerprint density at radius 1 is 1.04 bits per heavy atom. The number of carbonyl (C=O) groups excluding carboxylic acids is 3. The maximum atomic E-state index is 12.1. The molecule has 136 valence electrons. The molecule has 1 aliphatic heterocycles. The third kappa shape index (κ3) is 3.90. The van der Waals surface area contributed by atoms with Crippen molar-refractivity contribution in [2.45, 2.75) is 20.4 Å². The van der Waals surface area contributed by atoms with E-state index in [4.69, 9.17) is 9.47 Å². The van der Waals surface area contributed by atoms with Gasteiger partial charge in [-0.05, 0) is 38.6 Å². The predicted octanol–water partition coefficient (Wildman–Crippen LogP) is 1.29. The summed E-state index contributed by atoms with van der Waals surface area (Å²) in [5.74, 6) is -0.287. The number of urea groups is 1. The minimum atomic E-state index is -0.789. The van der Waals surface area contributed by atoms with Crippen LogP contribution in [-0.4, -0.2) is 66.5 Å². The summed E-state index contributed by atoms with van der Waals surface area (Å²) in [4.78, 5) is 39.5. The quantitative estimate of drug-likeness (QED) is 0.520. The molecule has 1 aromatic rings. The number of rotatable bonds is 8. The van der Waals surface area contributed by atoms with Crippen molar-refractivity contribution in [3.8, 4) is 11.5 Å². The lowest BCUT2D eigenvalue weighted by Gasteiger charge is -2.22. The normalized spacial score (nSPS) is 14.7. The van der Waals surface area contributed by atoms with Crippen LogP contribution >= 0.6 is 0 Å². The van der Waals surface area contributed by atoms with Gasteiger partial charge < -0.3 is 9.47 Å². The lowest BCUT2D eigenvalue weighted by atomic mass is 10.2. The summed E-state index contributed by atoms with van der Waals surface area (Å²) < 4.78 is 10.8. The third-order valence-electron chi connectivity index (χ3n) is 3.81. The number of hydrogen-bond donors (Lipinski definition) is 0. The van der Waals surface area contributed by atoms with Crippen molar-refractivity contribution in [2.24, 2.45) is 0 Å². The summed E-state index contributed by atoms with van der Waals surface area (Å²) in [6.07, 6.45) is 0. The maximum absolute atomic E-state index is 12.1. The van der Waals surface area contributed by atoms with Crippen molar-refractivity contribution in [2.75, 3.05) is 34.0 Å². The molecule has 4 amide bonds. The van der Waals surface area contributed by atoms with Crippen LogP contribution in [0.25, 0.3) is 0 Å². The predicted molar refractivity (Wildman–Crippen MR) is 90.1 cm³/mol. The maximum Gasteiger partial charge on any atom is 0.335 e. The second-order valence-corrected chi connectivity index (χ2v) is 5.64. The molecule has 8 nitrogen and oxygen atoms in total. The van der Waals surface area contributed by atoms with Gasteiger partial charge in [0.25, 0.3) is 0 Å². The molecule has 0 bridgehead atoms. The number of imide groups is 2. The highest BCUT2D eigenvalue weighted by atomic mass is 16.5. The summed E-state index contributed by atoms with van der Waals surface area (Å²) in [5.41, 5.74) is 0.931. The van der Waals surface area contributed by atoms with E-state index in [1.807, 2.05) is 25.1 Å². The standard InChI is InChI=1S/C17H23N3O5/c1-5-19-15(21)16(22)20(17(19)23)11-18(3)10-12-7-8-13(25-6-2)14(9-12)24-4/h7-9H,5-6,10-11H2,1-4H3. The summed E-state index contributed by atoms with van der Waals surface area (Å²) >= 11 is 0. The monoisotopic (exact) mass is 349 g/mol. The fourth-order valence-corrected chi connectivity index (χ4v) is 2.64. The Bertz CT molecular complexity index is 676. The molecule has 1 heterocycles. The lowest BCUT2D eigenvalue weighted by Crippen LogP contribution is -2.40. The van der Waals surface area contributed by atoms with E-state index in [1.54, 1.807) is 26.0 Å². The van der Waals surface area contributed by atoms with Gasteiger partial charge in [0.1, 0.15) is 0 Å². The first-order valence-electron chi connectivity index (χ1n) is 8.08. The van der Waals surface area contributed by atoms with Crippen LogP contribution in [0.3, 0.4) is 0 Å². The van der Waals surface area contributed by atoms with Crippen molar-refractivity contribution >= 4 is 17.8 Å². The van der Waals surface area contributed by atoms with Crippen LogP contribution < -0.4 is 9.47 Å². The average molecular weight is 349 g/mol. The Morgan fingerprint density at radius 3 is 2.28 bits per heavy atom. The molecule has 25 heavy (non-hydrogen) atoms.